The number of ether oxygens (including phenoxy) is 1. The lowest BCUT2D eigenvalue weighted by molar-refractivity contribution is 0.0930. The van der Waals surface area contributed by atoms with Crippen LogP contribution in [0.4, 0.5) is 8.78 Å². The molecule has 0 radical (unpaired) electrons. The van der Waals surface area contributed by atoms with E-state index in [1.807, 2.05) is 0 Å². The van der Waals surface area contributed by atoms with Crippen molar-refractivity contribution in [3.05, 3.63) is 29.3 Å². The third-order valence-corrected chi connectivity index (χ3v) is 4.08. The van der Waals surface area contributed by atoms with Gasteiger partial charge in [-0.2, -0.15) is 0 Å². The van der Waals surface area contributed by atoms with Gasteiger partial charge in [-0.3, -0.25) is 4.79 Å². The molecule has 2 heterocycles. The molecule has 0 saturated carbocycles. The molecule has 4 nitrogen and oxygen atoms in total. The van der Waals surface area contributed by atoms with Gasteiger partial charge in [0.2, 0.25) is 0 Å². The Kier molecular flexibility index (Phi) is 3.33. The summed E-state index contributed by atoms with van der Waals surface area (Å²) in [6.45, 7) is 0. The topological polar surface area (TPSA) is 50.4 Å². The third-order valence-electron chi connectivity index (χ3n) is 4.08. The lowest BCUT2D eigenvalue weighted by Gasteiger charge is -2.21. The number of hydrogen-bond acceptors (Lipinski definition) is 3. The summed E-state index contributed by atoms with van der Waals surface area (Å²) in [5.74, 6) is -2.67. The normalized spacial score (nSPS) is 27.6. The molecule has 3 rings (SSSR count). The van der Waals surface area contributed by atoms with Crippen LogP contribution in [0.3, 0.4) is 0 Å². The van der Waals surface area contributed by atoms with E-state index in [-0.39, 0.29) is 17.6 Å². The Morgan fingerprint density at radius 3 is 2.55 bits per heavy atom. The first-order valence-electron chi connectivity index (χ1n) is 6.68. The molecular formula is C14H16F2N2O2. The zero-order chi connectivity index (χ0) is 14.3. The predicted octanol–water partition coefficient (Wildman–Crippen LogP) is 1.60. The van der Waals surface area contributed by atoms with Crippen LogP contribution in [-0.4, -0.2) is 31.1 Å². The zero-order valence-corrected chi connectivity index (χ0v) is 11.1. The number of carbonyl (C=O) groups is 1. The van der Waals surface area contributed by atoms with Crippen LogP contribution in [0.25, 0.3) is 0 Å². The van der Waals surface area contributed by atoms with E-state index in [1.54, 1.807) is 0 Å². The van der Waals surface area contributed by atoms with E-state index in [0.29, 0.717) is 6.04 Å². The summed E-state index contributed by atoms with van der Waals surface area (Å²) < 4.78 is 31.7. The number of methoxy groups -OCH3 is 1. The molecule has 1 aromatic carbocycles. The summed E-state index contributed by atoms with van der Waals surface area (Å²) in [7, 11) is 1.18. The van der Waals surface area contributed by atoms with Gasteiger partial charge >= 0.3 is 0 Å². The molecule has 0 aliphatic carbocycles. The molecule has 2 aliphatic rings. The molecule has 1 amide bonds. The SMILES string of the molecule is COc1c(F)cc(C(=O)N[C@H]2C[C@H]3CC[C@@H]2N3)cc1F. The second-order valence-electron chi connectivity index (χ2n) is 5.34. The van der Waals surface area contributed by atoms with E-state index in [0.717, 1.165) is 31.4 Å². The maximum absolute atomic E-state index is 13.6. The van der Waals surface area contributed by atoms with Crippen LogP contribution >= 0.6 is 0 Å². The number of benzene rings is 1. The molecule has 1 aromatic rings. The minimum atomic E-state index is -0.872. The van der Waals surface area contributed by atoms with E-state index in [4.69, 9.17) is 0 Å². The Labute approximate surface area is 115 Å². The predicted molar refractivity (Wildman–Crippen MR) is 68.7 cm³/mol. The van der Waals surface area contributed by atoms with Crippen LogP contribution in [0.15, 0.2) is 12.1 Å². The van der Waals surface area contributed by atoms with Gasteiger partial charge in [0.05, 0.1) is 7.11 Å². The Morgan fingerprint density at radius 1 is 1.35 bits per heavy atom. The fourth-order valence-electron chi connectivity index (χ4n) is 3.12. The van der Waals surface area contributed by atoms with E-state index < -0.39 is 23.3 Å². The van der Waals surface area contributed by atoms with Gasteiger partial charge in [0.1, 0.15) is 0 Å². The molecule has 2 aliphatic heterocycles. The average Bonchev–Trinajstić information content (AvgIpc) is 3.00. The van der Waals surface area contributed by atoms with Crippen molar-refractivity contribution in [3.8, 4) is 5.75 Å². The van der Waals surface area contributed by atoms with Gasteiger partial charge < -0.3 is 15.4 Å². The van der Waals surface area contributed by atoms with Gasteiger partial charge in [-0.05, 0) is 31.4 Å². The van der Waals surface area contributed by atoms with E-state index in [1.165, 1.54) is 7.11 Å². The lowest BCUT2D eigenvalue weighted by Crippen LogP contribution is -2.42. The largest absolute Gasteiger partial charge is 0.491 e. The van der Waals surface area contributed by atoms with Crippen LogP contribution in [0.2, 0.25) is 0 Å². The summed E-state index contributed by atoms with van der Waals surface area (Å²) in [4.78, 5) is 12.1. The van der Waals surface area contributed by atoms with Crippen molar-refractivity contribution in [2.45, 2.75) is 37.4 Å². The van der Waals surface area contributed by atoms with Crippen molar-refractivity contribution in [3.63, 3.8) is 0 Å². The second kappa shape index (κ2) is 5.01. The molecule has 2 saturated heterocycles. The standard InChI is InChI=1S/C14H16F2N2O2/c1-20-13-9(15)4-7(5-10(13)16)14(19)18-12-6-8-2-3-11(12)17-8/h4-5,8,11-12,17H,2-3,6H2,1H3,(H,18,19)/t8-,11+,12+/m1/s1. The highest BCUT2D eigenvalue weighted by molar-refractivity contribution is 5.94. The second-order valence-corrected chi connectivity index (χ2v) is 5.34. The smallest absolute Gasteiger partial charge is 0.251 e. The maximum atomic E-state index is 13.6. The number of fused-ring (bicyclic) bond motifs is 2. The minimum absolute atomic E-state index is 0.0245. The Bertz CT molecular complexity index is 527. The number of hydrogen-bond donors (Lipinski definition) is 2. The molecule has 0 aromatic heterocycles. The van der Waals surface area contributed by atoms with Crippen LogP contribution in [0, 0.1) is 11.6 Å². The van der Waals surface area contributed by atoms with E-state index in [2.05, 4.69) is 15.4 Å². The van der Waals surface area contributed by atoms with Gasteiger partial charge in [-0.15, -0.1) is 0 Å². The van der Waals surface area contributed by atoms with Crippen molar-refractivity contribution in [2.24, 2.45) is 0 Å². The van der Waals surface area contributed by atoms with Crippen molar-refractivity contribution >= 4 is 5.91 Å². The molecule has 0 spiro atoms. The van der Waals surface area contributed by atoms with Gasteiger partial charge in [0.15, 0.2) is 17.4 Å². The lowest BCUT2D eigenvalue weighted by atomic mass is 9.95. The summed E-state index contributed by atoms with van der Waals surface area (Å²) in [5, 5.41) is 6.24. The highest BCUT2D eigenvalue weighted by atomic mass is 19.1. The molecular weight excluding hydrogens is 266 g/mol. The highest BCUT2D eigenvalue weighted by Gasteiger charge is 2.39. The summed E-state index contributed by atoms with van der Waals surface area (Å²) in [6, 6.07) is 2.76. The molecule has 6 heteroatoms. The molecule has 2 N–H and O–H groups in total. The minimum Gasteiger partial charge on any atom is -0.491 e. The number of rotatable bonds is 3. The molecule has 20 heavy (non-hydrogen) atoms. The third kappa shape index (κ3) is 2.24. The number of carbonyl (C=O) groups excluding carboxylic acids is 1. The highest BCUT2D eigenvalue weighted by Crippen LogP contribution is 2.29. The van der Waals surface area contributed by atoms with E-state index in [9.17, 15) is 13.6 Å². The first-order chi connectivity index (χ1) is 9.58. The Morgan fingerprint density at radius 2 is 2.05 bits per heavy atom. The number of nitrogens with one attached hydrogen (secondary N) is 2. The van der Waals surface area contributed by atoms with Crippen LogP contribution in [-0.2, 0) is 0 Å². The van der Waals surface area contributed by atoms with Crippen LogP contribution in [0.1, 0.15) is 29.6 Å². The molecule has 2 fully saturated rings. The van der Waals surface area contributed by atoms with Gasteiger partial charge in [-0.1, -0.05) is 0 Å². The number of halogens is 2. The van der Waals surface area contributed by atoms with Gasteiger partial charge in [0.25, 0.3) is 5.91 Å². The zero-order valence-electron chi connectivity index (χ0n) is 11.1. The molecule has 3 atom stereocenters. The fourth-order valence-corrected chi connectivity index (χ4v) is 3.12. The molecule has 2 bridgehead atoms. The van der Waals surface area contributed by atoms with Crippen molar-refractivity contribution in [2.75, 3.05) is 7.11 Å². The Hall–Kier alpha value is -1.69. The summed E-state index contributed by atoms with van der Waals surface area (Å²) >= 11 is 0. The van der Waals surface area contributed by atoms with Crippen molar-refractivity contribution in [1.29, 1.82) is 0 Å². The average molecular weight is 282 g/mol. The maximum Gasteiger partial charge on any atom is 0.251 e. The molecule has 108 valence electrons. The summed E-state index contributed by atoms with van der Waals surface area (Å²) in [6.07, 6.45) is 3.03. The van der Waals surface area contributed by atoms with Gasteiger partial charge in [-0.25, -0.2) is 8.78 Å². The first kappa shape index (κ1) is 13.3. The van der Waals surface area contributed by atoms with Crippen LogP contribution in [0.5, 0.6) is 5.75 Å². The van der Waals surface area contributed by atoms with Crippen LogP contribution < -0.4 is 15.4 Å². The fraction of sp³-hybridized carbons (Fsp3) is 0.500. The Balaban J connectivity index is 1.74. The molecule has 0 unspecified atom stereocenters. The number of amides is 1. The van der Waals surface area contributed by atoms with Crippen molar-refractivity contribution in [1.82, 2.24) is 10.6 Å². The van der Waals surface area contributed by atoms with Crippen molar-refractivity contribution < 1.29 is 18.3 Å². The van der Waals surface area contributed by atoms with E-state index >= 15 is 0 Å². The monoisotopic (exact) mass is 282 g/mol. The van der Waals surface area contributed by atoms with Gasteiger partial charge in [0, 0.05) is 23.7 Å². The summed E-state index contributed by atoms with van der Waals surface area (Å²) in [5.41, 5.74) is -0.0245. The quantitative estimate of drug-likeness (QED) is 0.885. The first-order valence-corrected chi connectivity index (χ1v) is 6.68.